The lowest BCUT2D eigenvalue weighted by atomic mass is 9.88. The Morgan fingerprint density at radius 3 is 2.72 bits per heavy atom. The van der Waals surface area contributed by atoms with E-state index in [1.165, 1.54) is 0 Å². The maximum absolute atomic E-state index is 11.8. The molecular formula is C15H24O3. The number of allylic oxidation sites excluding steroid dienone is 1. The van der Waals surface area contributed by atoms with Crippen molar-refractivity contribution in [1.29, 1.82) is 0 Å². The molecule has 0 heterocycles. The van der Waals surface area contributed by atoms with Crippen LogP contribution in [0.1, 0.15) is 57.8 Å². The van der Waals surface area contributed by atoms with Gasteiger partial charge in [0.25, 0.3) is 0 Å². The number of carboxylic acid groups (broad SMARTS) is 1. The highest BCUT2D eigenvalue weighted by Gasteiger charge is 2.32. The first kappa shape index (κ1) is 14.9. The Balaban J connectivity index is 2.15. The Labute approximate surface area is 109 Å². The molecule has 2 atom stereocenters. The molecule has 18 heavy (non-hydrogen) atoms. The van der Waals surface area contributed by atoms with Crippen molar-refractivity contribution < 1.29 is 14.7 Å². The van der Waals surface area contributed by atoms with Crippen molar-refractivity contribution in [3.05, 3.63) is 12.7 Å². The predicted octanol–water partition coefficient (Wildman–Crippen LogP) is 3.58. The molecule has 1 rings (SSSR count). The molecule has 0 saturated heterocycles. The summed E-state index contributed by atoms with van der Waals surface area (Å²) in [6.45, 7) is 3.75. The van der Waals surface area contributed by atoms with Crippen LogP contribution < -0.4 is 0 Å². The molecule has 3 nitrogen and oxygen atoms in total. The van der Waals surface area contributed by atoms with Gasteiger partial charge in [-0.05, 0) is 31.6 Å². The zero-order valence-corrected chi connectivity index (χ0v) is 11.1. The van der Waals surface area contributed by atoms with Gasteiger partial charge in [0.1, 0.15) is 5.78 Å². The Kier molecular flexibility index (Phi) is 6.69. The topological polar surface area (TPSA) is 54.4 Å². The standard InChI is InChI=1S/C15H24O3/c1-2-7-12-10-11-14(16)13(12)8-5-3-4-6-9-15(17)18/h2,12-13H,1,3-11H2,(H,17,18). The Morgan fingerprint density at radius 2 is 2.06 bits per heavy atom. The van der Waals surface area contributed by atoms with Gasteiger partial charge >= 0.3 is 5.97 Å². The van der Waals surface area contributed by atoms with Gasteiger partial charge < -0.3 is 5.11 Å². The first-order valence-corrected chi connectivity index (χ1v) is 7.00. The van der Waals surface area contributed by atoms with Crippen molar-refractivity contribution in [2.24, 2.45) is 11.8 Å². The minimum Gasteiger partial charge on any atom is -0.481 e. The minimum absolute atomic E-state index is 0.238. The number of aliphatic carboxylic acids is 1. The normalized spacial score (nSPS) is 23.2. The van der Waals surface area contributed by atoms with Crippen molar-refractivity contribution in [2.75, 3.05) is 0 Å². The lowest BCUT2D eigenvalue weighted by molar-refractivity contribution is -0.137. The number of unbranched alkanes of at least 4 members (excludes halogenated alkanes) is 3. The second kappa shape index (κ2) is 8.06. The SMILES string of the molecule is C=CCC1CCC(=O)C1CCCCCCC(=O)O. The Hall–Kier alpha value is -1.12. The van der Waals surface area contributed by atoms with Crippen molar-refractivity contribution in [1.82, 2.24) is 0 Å². The van der Waals surface area contributed by atoms with Gasteiger partial charge in [-0.1, -0.05) is 25.3 Å². The van der Waals surface area contributed by atoms with Crippen LogP contribution in [0, 0.1) is 11.8 Å². The molecule has 3 heteroatoms. The number of Topliss-reactive ketones (excluding diaryl/α,β-unsaturated/α-hetero) is 1. The van der Waals surface area contributed by atoms with E-state index in [1.54, 1.807) is 0 Å². The van der Waals surface area contributed by atoms with Crippen LogP contribution >= 0.6 is 0 Å². The van der Waals surface area contributed by atoms with Crippen LogP contribution in [0.2, 0.25) is 0 Å². The molecular weight excluding hydrogens is 228 g/mol. The van der Waals surface area contributed by atoms with E-state index in [9.17, 15) is 9.59 Å². The zero-order chi connectivity index (χ0) is 13.4. The van der Waals surface area contributed by atoms with Gasteiger partial charge in [0.05, 0.1) is 0 Å². The van der Waals surface area contributed by atoms with Crippen molar-refractivity contribution in [2.45, 2.75) is 57.8 Å². The number of ketones is 1. The smallest absolute Gasteiger partial charge is 0.303 e. The van der Waals surface area contributed by atoms with Crippen LogP contribution in [-0.2, 0) is 9.59 Å². The summed E-state index contributed by atoms with van der Waals surface area (Å²) in [7, 11) is 0. The molecule has 1 fully saturated rings. The minimum atomic E-state index is -0.716. The number of carboxylic acids is 1. The monoisotopic (exact) mass is 252 g/mol. The summed E-state index contributed by atoms with van der Waals surface area (Å²) in [5.41, 5.74) is 0. The summed E-state index contributed by atoms with van der Waals surface area (Å²) < 4.78 is 0. The van der Waals surface area contributed by atoms with E-state index in [2.05, 4.69) is 6.58 Å². The molecule has 0 aliphatic heterocycles. The highest BCUT2D eigenvalue weighted by Crippen LogP contribution is 2.35. The van der Waals surface area contributed by atoms with Gasteiger partial charge in [-0.25, -0.2) is 0 Å². The van der Waals surface area contributed by atoms with Gasteiger partial charge in [-0.2, -0.15) is 0 Å². The molecule has 0 aromatic carbocycles. The van der Waals surface area contributed by atoms with E-state index in [4.69, 9.17) is 5.11 Å². The molecule has 0 aromatic heterocycles. The van der Waals surface area contributed by atoms with Gasteiger partial charge in [0, 0.05) is 18.8 Å². The van der Waals surface area contributed by atoms with Crippen LogP contribution in [-0.4, -0.2) is 16.9 Å². The molecule has 0 bridgehead atoms. The number of rotatable bonds is 9. The molecule has 2 unspecified atom stereocenters. The first-order valence-electron chi connectivity index (χ1n) is 7.00. The number of hydrogen-bond donors (Lipinski definition) is 1. The van der Waals surface area contributed by atoms with E-state index in [0.29, 0.717) is 11.7 Å². The summed E-state index contributed by atoms with van der Waals surface area (Å²) in [6, 6.07) is 0. The lowest BCUT2D eigenvalue weighted by Gasteiger charge is -2.16. The average molecular weight is 252 g/mol. The molecule has 1 saturated carbocycles. The van der Waals surface area contributed by atoms with Crippen LogP contribution in [0.3, 0.4) is 0 Å². The van der Waals surface area contributed by atoms with Crippen LogP contribution in [0.4, 0.5) is 0 Å². The highest BCUT2D eigenvalue weighted by molar-refractivity contribution is 5.83. The molecule has 1 aliphatic rings. The number of carbonyl (C=O) groups excluding carboxylic acids is 1. The zero-order valence-electron chi connectivity index (χ0n) is 11.1. The van der Waals surface area contributed by atoms with Gasteiger partial charge in [0.2, 0.25) is 0 Å². The molecule has 1 N–H and O–H groups in total. The molecule has 0 spiro atoms. The Bertz CT molecular complexity index is 296. The summed E-state index contributed by atoms with van der Waals surface area (Å²) >= 11 is 0. The van der Waals surface area contributed by atoms with Gasteiger partial charge in [-0.3, -0.25) is 9.59 Å². The third kappa shape index (κ3) is 5.03. The Morgan fingerprint density at radius 1 is 1.33 bits per heavy atom. The number of carbonyl (C=O) groups is 2. The van der Waals surface area contributed by atoms with Crippen LogP contribution in [0.15, 0.2) is 12.7 Å². The highest BCUT2D eigenvalue weighted by atomic mass is 16.4. The summed E-state index contributed by atoms with van der Waals surface area (Å²) in [6.07, 6.45) is 9.67. The molecule has 102 valence electrons. The lowest BCUT2D eigenvalue weighted by Crippen LogP contribution is -2.14. The van der Waals surface area contributed by atoms with Crippen LogP contribution in [0.5, 0.6) is 0 Å². The summed E-state index contributed by atoms with van der Waals surface area (Å²) in [5, 5.41) is 8.52. The largest absolute Gasteiger partial charge is 0.481 e. The third-order valence-electron chi connectivity index (χ3n) is 3.87. The van der Waals surface area contributed by atoms with E-state index in [-0.39, 0.29) is 12.3 Å². The summed E-state index contributed by atoms with van der Waals surface area (Å²) in [4.78, 5) is 22.1. The second-order valence-electron chi connectivity index (χ2n) is 5.24. The average Bonchev–Trinajstić information content (AvgIpc) is 2.66. The van der Waals surface area contributed by atoms with E-state index >= 15 is 0 Å². The van der Waals surface area contributed by atoms with E-state index in [0.717, 1.165) is 51.4 Å². The molecule has 0 radical (unpaired) electrons. The fourth-order valence-electron chi connectivity index (χ4n) is 2.86. The van der Waals surface area contributed by atoms with Gasteiger partial charge in [-0.15, -0.1) is 6.58 Å². The number of hydrogen-bond acceptors (Lipinski definition) is 2. The quantitative estimate of drug-likeness (QED) is 0.504. The maximum atomic E-state index is 11.8. The fourth-order valence-corrected chi connectivity index (χ4v) is 2.86. The van der Waals surface area contributed by atoms with Crippen molar-refractivity contribution in [3.63, 3.8) is 0 Å². The van der Waals surface area contributed by atoms with E-state index < -0.39 is 5.97 Å². The van der Waals surface area contributed by atoms with E-state index in [1.807, 2.05) is 6.08 Å². The van der Waals surface area contributed by atoms with Crippen molar-refractivity contribution >= 4 is 11.8 Å². The second-order valence-corrected chi connectivity index (χ2v) is 5.24. The molecule has 0 aromatic rings. The maximum Gasteiger partial charge on any atom is 0.303 e. The first-order chi connectivity index (χ1) is 8.65. The van der Waals surface area contributed by atoms with Gasteiger partial charge in [0.15, 0.2) is 0 Å². The predicted molar refractivity (Wildman–Crippen MR) is 71.4 cm³/mol. The molecule has 0 amide bonds. The fraction of sp³-hybridized carbons (Fsp3) is 0.733. The van der Waals surface area contributed by atoms with Crippen molar-refractivity contribution in [3.8, 4) is 0 Å². The third-order valence-corrected chi connectivity index (χ3v) is 3.87. The summed E-state index contributed by atoms with van der Waals surface area (Å²) in [5.74, 6) is 0.455. The molecule has 1 aliphatic carbocycles. The van der Waals surface area contributed by atoms with Crippen LogP contribution in [0.25, 0.3) is 0 Å².